The van der Waals surface area contributed by atoms with E-state index in [1.54, 1.807) is 47.4 Å². The SMILES string of the molecule is CC1(C)CC(=O)C2=C(C1)N(c1nnc(SCC(=O)c3ccc(Cl)cc3)s1)C(N)=C(C#N)C2c1ccccc1F. The average Bonchev–Trinajstić information content (AvgIpc) is 3.35. The highest BCUT2D eigenvalue weighted by atomic mass is 35.5. The molecular weight excluding hydrogens is 557 g/mol. The maximum absolute atomic E-state index is 15.0. The summed E-state index contributed by atoms with van der Waals surface area (Å²) in [6.07, 6.45) is 0.725. The second kappa shape index (κ2) is 10.6. The van der Waals surface area contributed by atoms with Gasteiger partial charge in [-0.15, -0.1) is 10.2 Å². The number of hydrogen-bond donors (Lipinski definition) is 1. The monoisotopic (exact) mass is 579 g/mol. The Kier molecular flexibility index (Phi) is 7.33. The Hall–Kier alpha value is -3.52. The number of nitrogens with two attached hydrogens (primary N) is 1. The number of rotatable bonds is 6. The van der Waals surface area contributed by atoms with E-state index in [4.69, 9.17) is 17.3 Å². The number of halogens is 2. The van der Waals surface area contributed by atoms with Crippen molar-refractivity contribution in [1.82, 2.24) is 10.2 Å². The molecule has 3 aromatic rings. The van der Waals surface area contributed by atoms with Gasteiger partial charge in [0.25, 0.3) is 0 Å². The Bertz CT molecular complexity index is 1590. The fourth-order valence-corrected chi connectivity index (χ4v) is 6.85. The molecule has 0 bridgehead atoms. The Labute approximate surface area is 238 Å². The summed E-state index contributed by atoms with van der Waals surface area (Å²) >= 11 is 8.34. The van der Waals surface area contributed by atoms with Crippen LogP contribution < -0.4 is 10.6 Å². The fraction of sp³-hybridized carbons (Fsp3) is 0.250. The molecule has 1 unspecified atom stereocenters. The van der Waals surface area contributed by atoms with Crippen LogP contribution in [0.3, 0.4) is 0 Å². The lowest BCUT2D eigenvalue weighted by Gasteiger charge is -2.42. The van der Waals surface area contributed by atoms with E-state index in [0.717, 1.165) is 0 Å². The number of nitriles is 1. The van der Waals surface area contributed by atoms with Crippen LogP contribution in [0.5, 0.6) is 0 Å². The maximum atomic E-state index is 15.0. The molecule has 1 aliphatic heterocycles. The summed E-state index contributed by atoms with van der Waals surface area (Å²) in [5.74, 6) is -1.45. The lowest BCUT2D eigenvalue weighted by atomic mass is 9.68. The van der Waals surface area contributed by atoms with Crippen molar-refractivity contribution in [1.29, 1.82) is 5.26 Å². The van der Waals surface area contributed by atoms with Gasteiger partial charge in [0.2, 0.25) is 5.13 Å². The van der Waals surface area contributed by atoms with Crippen LogP contribution in [0, 0.1) is 22.6 Å². The van der Waals surface area contributed by atoms with Crippen molar-refractivity contribution < 1.29 is 14.0 Å². The van der Waals surface area contributed by atoms with Gasteiger partial charge in [-0.2, -0.15) is 5.26 Å². The van der Waals surface area contributed by atoms with E-state index in [1.807, 2.05) is 13.8 Å². The Morgan fingerprint density at radius 1 is 1.23 bits per heavy atom. The van der Waals surface area contributed by atoms with E-state index < -0.39 is 11.7 Å². The maximum Gasteiger partial charge on any atom is 0.219 e. The van der Waals surface area contributed by atoms with Gasteiger partial charge in [0.05, 0.1) is 23.3 Å². The van der Waals surface area contributed by atoms with Crippen LogP contribution in [0.1, 0.15) is 48.5 Å². The number of allylic oxidation sites excluding steroid dienone is 3. The Morgan fingerprint density at radius 2 is 1.95 bits per heavy atom. The lowest BCUT2D eigenvalue weighted by molar-refractivity contribution is -0.118. The zero-order chi connectivity index (χ0) is 27.9. The van der Waals surface area contributed by atoms with Crippen molar-refractivity contribution in [3.05, 3.63) is 93.2 Å². The van der Waals surface area contributed by atoms with Gasteiger partial charge in [-0.05, 0) is 42.2 Å². The summed E-state index contributed by atoms with van der Waals surface area (Å²) in [6.45, 7) is 3.96. The highest BCUT2D eigenvalue weighted by Gasteiger charge is 2.46. The van der Waals surface area contributed by atoms with Crippen molar-refractivity contribution >= 4 is 51.4 Å². The lowest BCUT2D eigenvalue weighted by Crippen LogP contribution is -2.42. The standard InChI is InChI=1S/C28H23ClFN5O2S2/c1-28(2)11-20-24(21(36)12-28)23(17-5-3-4-6-19(17)30)18(13-31)25(32)35(20)26-33-34-27(39-26)38-14-22(37)15-7-9-16(29)10-8-15/h3-10,23H,11-12,14,32H2,1-2H3. The summed E-state index contributed by atoms with van der Waals surface area (Å²) in [7, 11) is 0. The summed E-state index contributed by atoms with van der Waals surface area (Å²) < 4.78 is 15.5. The largest absolute Gasteiger partial charge is 0.384 e. The first-order valence-corrected chi connectivity index (χ1v) is 14.2. The van der Waals surface area contributed by atoms with Gasteiger partial charge in [-0.3, -0.25) is 14.5 Å². The number of Topliss-reactive ketones (excluding diaryl/α,β-unsaturated/α-hetero) is 2. The van der Waals surface area contributed by atoms with Gasteiger partial charge in [0, 0.05) is 33.8 Å². The predicted molar refractivity (Wildman–Crippen MR) is 150 cm³/mol. The molecule has 0 fully saturated rings. The zero-order valence-electron chi connectivity index (χ0n) is 21.1. The molecule has 1 atom stereocenters. The van der Waals surface area contributed by atoms with Gasteiger partial charge in [-0.1, -0.05) is 66.7 Å². The van der Waals surface area contributed by atoms with Gasteiger partial charge < -0.3 is 5.73 Å². The highest BCUT2D eigenvalue weighted by molar-refractivity contribution is 8.01. The van der Waals surface area contributed by atoms with E-state index in [0.29, 0.717) is 37.7 Å². The predicted octanol–water partition coefficient (Wildman–Crippen LogP) is 6.25. The molecule has 1 aromatic heterocycles. The summed E-state index contributed by atoms with van der Waals surface area (Å²) in [6, 6.07) is 14.9. The van der Waals surface area contributed by atoms with Crippen LogP contribution in [0.25, 0.3) is 0 Å². The molecule has 1 aliphatic carbocycles. The molecule has 2 aromatic carbocycles. The molecule has 0 saturated carbocycles. The van der Waals surface area contributed by atoms with Crippen molar-refractivity contribution in [3.63, 3.8) is 0 Å². The van der Waals surface area contributed by atoms with Crippen molar-refractivity contribution in [2.45, 2.75) is 36.9 Å². The van der Waals surface area contributed by atoms with Gasteiger partial charge in [0.1, 0.15) is 11.6 Å². The first-order chi connectivity index (χ1) is 18.6. The first-order valence-electron chi connectivity index (χ1n) is 12.1. The third-order valence-corrected chi connectivity index (χ3v) is 8.97. The third kappa shape index (κ3) is 5.22. The molecular formula is C28H23ClFN5O2S2. The van der Waals surface area contributed by atoms with E-state index in [-0.39, 0.29) is 46.1 Å². The molecule has 0 spiro atoms. The van der Waals surface area contributed by atoms with Crippen LogP contribution >= 0.6 is 34.7 Å². The highest BCUT2D eigenvalue weighted by Crippen LogP contribution is 2.51. The number of nitrogens with zero attached hydrogens (tertiary/aromatic N) is 4. The topological polar surface area (TPSA) is 113 Å². The smallest absolute Gasteiger partial charge is 0.219 e. The minimum absolute atomic E-state index is 0.0780. The quantitative estimate of drug-likeness (QED) is 0.269. The second-order valence-corrected chi connectivity index (χ2v) is 12.7. The van der Waals surface area contributed by atoms with Gasteiger partial charge in [-0.25, -0.2) is 4.39 Å². The number of carbonyl (C=O) groups excluding carboxylic acids is 2. The Morgan fingerprint density at radius 3 is 2.64 bits per heavy atom. The van der Waals surface area contributed by atoms with Crippen molar-refractivity contribution in [2.75, 3.05) is 10.7 Å². The molecule has 2 N–H and O–H groups in total. The van der Waals surface area contributed by atoms with Crippen LogP contribution in [0.4, 0.5) is 9.52 Å². The second-order valence-electron chi connectivity index (χ2n) is 10.1. The average molecular weight is 580 g/mol. The molecule has 11 heteroatoms. The van der Waals surface area contributed by atoms with Crippen molar-refractivity contribution in [2.24, 2.45) is 11.1 Å². The molecule has 0 amide bonds. The summed E-state index contributed by atoms with van der Waals surface area (Å²) in [5.41, 5.74) is 7.99. The molecule has 5 rings (SSSR count). The molecule has 2 aliphatic rings. The number of hydrogen-bond acceptors (Lipinski definition) is 9. The minimum Gasteiger partial charge on any atom is -0.384 e. The van der Waals surface area contributed by atoms with Crippen LogP contribution in [-0.4, -0.2) is 27.5 Å². The number of aromatic nitrogens is 2. The number of ketones is 2. The van der Waals surface area contributed by atoms with E-state index >= 15 is 0 Å². The number of benzene rings is 2. The third-order valence-electron chi connectivity index (χ3n) is 6.68. The molecule has 2 heterocycles. The number of carbonyl (C=O) groups is 2. The summed E-state index contributed by atoms with van der Waals surface area (Å²) in [5, 5.41) is 19.6. The number of thioether (sulfide) groups is 1. The number of anilines is 1. The zero-order valence-corrected chi connectivity index (χ0v) is 23.5. The summed E-state index contributed by atoms with van der Waals surface area (Å²) in [4.78, 5) is 27.8. The normalized spacial score (nSPS) is 18.7. The molecule has 39 heavy (non-hydrogen) atoms. The van der Waals surface area contributed by atoms with Crippen LogP contribution in [0.2, 0.25) is 5.02 Å². The molecule has 0 saturated heterocycles. The van der Waals surface area contributed by atoms with E-state index in [1.165, 1.54) is 29.2 Å². The van der Waals surface area contributed by atoms with E-state index in [2.05, 4.69) is 16.3 Å². The molecule has 198 valence electrons. The Balaban J connectivity index is 1.52. The van der Waals surface area contributed by atoms with Crippen LogP contribution in [-0.2, 0) is 4.79 Å². The first kappa shape index (κ1) is 27.1. The minimum atomic E-state index is -0.912. The van der Waals surface area contributed by atoms with Gasteiger partial charge >= 0.3 is 0 Å². The van der Waals surface area contributed by atoms with Crippen molar-refractivity contribution in [3.8, 4) is 6.07 Å². The van der Waals surface area contributed by atoms with Gasteiger partial charge in [0.15, 0.2) is 15.9 Å². The van der Waals surface area contributed by atoms with Crippen LogP contribution in [0.15, 0.2) is 75.5 Å². The van der Waals surface area contributed by atoms with E-state index in [9.17, 15) is 19.2 Å². The molecule has 7 nitrogen and oxygen atoms in total. The fourth-order valence-electron chi connectivity index (χ4n) is 4.95. The molecule has 0 radical (unpaired) electrons.